The predicted octanol–water partition coefficient (Wildman–Crippen LogP) is 4.48. The third-order valence-corrected chi connectivity index (χ3v) is 4.24. The molecule has 0 unspecified atom stereocenters. The zero-order valence-electron chi connectivity index (χ0n) is 12.6. The van der Waals surface area contributed by atoms with Crippen LogP contribution in [0, 0.1) is 0 Å². The zero-order valence-corrected chi connectivity index (χ0v) is 12.6. The average molecular weight is 285 g/mol. The monoisotopic (exact) mass is 285 g/mol. The van der Waals surface area contributed by atoms with Gasteiger partial charge < -0.3 is 10.4 Å². The van der Waals surface area contributed by atoms with Crippen molar-refractivity contribution < 1.29 is 9.90 Å². The van der Waals surface area contributed by atoms with E-state index in [1.807, 2.05) is 24.3 Å². The van der Waals surface area contributed by atoms with Gasteiger partial charge in [-0.25, -0.2) is 4.79 Å². The Balaban J connectivity index is 2.11. The fourth-order valence-electron chi connectivity index (χ4n) is 2.94. The molecule has 1 saturated carbocycles. The van der Waals surface area contributed by atoms with Gasteiger partial charge >= 0.3 is 5.97 Å². The molecule has 0 saturated heterocycles. The summed E-state index contributed by atoms with van der Waals surface area (Å²) in [7, 11) is 0. The maximum Gasteiger partial charge on any atom is 0.328 e. The fourth-order valence-corrected chi connectivity index (χ4v) is 2.94. The minimum absolute atomic E-state index is 0.0106. The fraction of sp³-hybridized carbons (Fsp3) is 0.389. The summed E-state index contributed by atoms with van der Waals surface area (Å²) in [5.74, 6) is -0.930. The highest BCUT2D eigenvalue weighted by Crippen LogP contribution is 2.36. The van der Waals surface area contributed by atoms with E-state index in [2.05, 4.69) is 18.8 Å². The number of anilines is 1. The molecule has 2 N–H and O–H groups in total. The van der Waals surface area contributed by atoms with E-state index >= 15 is 0 Å². The third kappa shape index (κ3) is 3.97. The lowest BCUT2D eigenvalue weighted by Gasteiger charge is -2.40. The molecule has 3 heteroatoms. The normalized spacial score (nSPS) is 17.6. The van der Waals surface area contributed by atoms with Crippen molar-refractivity contribution in [1.29, 1.82) is 0 Å². The molecule has 1 aromatic rings. The average Bonchev–Trinajstić information content (AvgIpc) is 2.47. The number of benzene rings is 1. The largest absolute Gasteiger partial charge is 0.478 e. The van der Waals surface area contributed by atoms with Crippen LogP contribution in [0.1, 0.15) is 44.6 Å². The Morgan fingerprint density at radius 3 is 2.38 bits per heavy atom. The first-order valence-electron chi connectivity index (χ1n) is 7.47. The highest BCUT2D eigenvalue weighted by molar-refractivity contribution is 5.85. The second kappa shape index (κ2) is 6.61. The number of carboxylic acid groups (broad SMARTS) is 1. The van der Waals surface area contributed by atoms with E-state index in [1.54, 1.807) is 6.08 Å². The second-order valence-electron chi connectivity index (χ2n) is 5.84. The van der Waals surface area contributed by atoms with Crippen molar-refractivity contribution in [1.82, 2.24) is 0 Å². The third-order valence-electron chi connectivity index (χ3n) is 4.24. The van der Waals surface area contributed by atoms with Gasteiger partial charge in [0.25, 0.3) is 0 Å². The molecular weight excluding hydrogens is 262 g/mol. The summed E-state index contributed by atoms with van der Waals surface area (Å²) in [6.07, 6.45) is 8.78. The van der Waals surface area contributed by atoms with E-state index in [0.717, 1.165) is 30.2 Å². The van der Waals surface area contributed by atoms with Crippen LogP contribution in [0.2, 0.25) is 0 Å². The summed E-state index contributed by atoms with van der Waals surface area (Å²) in [5.41, 5.74) is 3.15. The Hall–Kier alpha value is -2.03. The number of hydrogen-bond acceptors (Lipinski definition) is 2. The lowest BCUT2D eigenvalue weighted by molar-refractivity contribution is -0.131. The molecule has 0 bridgehead atoms. The smallest absolute Gasteiger partial charge is 0.328 e. The van der Waals surface area contributed by atoms with Crippen LogP contribution in [0.4, 0.5) is 5.69 Å². The van der Waals surface area contributed by atoms with Gasteiger partial charge in [-0.3, -0.25) is 0 Å². The minimum Gasteiger partial charge on any atom is -0.478 e. The van der Waals surface area contributed by atoms with Crippen LogP contribution in [-0.2, 0) is 4.79 Å². The molecule has 0 aliphatic heterocycles. The Labute approximate surface area is 126 Å². The molecule has 112 valence electrons. The molecule has 1 fully saturated rings. The van der Waals surface area contributed by atoms with Crippen molar-refractivity contribution in [3.05, 3.63) is 48.1 Å². The molecule has 2 rings (SSSR count). The molecular formula is C18H23NO2. The molecule has 0 heterocycles. The van der Waals surface area contributed by atoms with E-state index in [-0.39, 0.29) is 5.54 Å². The van der Waals surface area contributed by atoms with Gasteiger partial charge in [-0.15, -0.1) is 0 Å². The quantitative estimate of drug-likeness (QED) is 0.619. The van der Waals surface area contributed by atoms with Crippen molar-refractivity contribution in [3.8, 4) is 0 Å². The predicted molar refractivity (Wildman–Crippen MR) is 87.4 cm³/mol. The minimum atomic E-state index is -0.930. The van der Waals surface area contributed by atoms with Crippen LogP contribution in [0.15, 0.2) is 42.5 Å². The van der Waals surface area contributed by atoms with E-state index in [9.17, 15) is 4.79 Å². The summed E-state index contributed by atoms with van der Waals surface area (Å²) < 4.78 is 0. The first-order chi connectivity index (χ1) is 10.0. The number of nitrogens with one attached hydrogen (secondary N) is 1. The first-order valence-corrected chi connectivity index (χ1v) is 7.47. The molecule has 0 radical (unpaired) electrons. The van der Waals surface area contributed by atoms with E-state index in [0.29, 0.717) is 0 Å². The first kappa shape index (κ1) is 15.4. The summed E-state index contributed by atoms with van der Waals surface area (Å²) >= 11 is 0. The van der Waals surface area contributed by atoms with Gasteiger partial charge in [0.1, 0.15) is 0 Å². The van der Waals surface area contributed by atoms with Gasteiger partial charge in [0, 0.05) is 11.8 Å². The summed E-state index contributed by atoms with van der Waals surface area (Å²) in [6.45, 7) is 6.27. The van der Waals surface area contributed by atoms with E-state index < -0.39 is 5.97 Å². The standard InChI is InChI=1S/C18H23NO2/c1-14(2)18(12-4-3-5-13-18)19-16-9-6-15(7-10-16)8-11-17(20)21/h6-11,19H,1,3-5,12-13H2,2H3,(H,20,21)/b11-8+. The SMILES string of the molecule is C=C(C)C1(Nc2ccc(/C=C/C(=O)O)cc2)CCCCC1. The van der Waals surface area contributed by atoms with Gasteiger partial charge in [0.05, 0.1) is 5.54 Å². The lowest BCUT2D eigenvalue weighted by Crippen LogP contribution is -2.41. The Morgan fingerprint density at radius 1 is 1.24 bits per heavy atom. The van der Waals surface area contributed by atoms with Crippen LogP contribution < -0.4 is 5.32 Å². The summed E-state index contributed by atoms with van der Waals surface area (Å²) in [5, 5.41) is 12.3. The molecule has 1 aliphatic carbocycles. The van der Waals surface area contributed by atoms with Gasteiger partial charge in [0.15, 0.2) is 0 Å². The van der Waals surface area contributed by atoms with Crippen LogP contribution >= 0.6 is 0 Å². The van der Waals surface area contributed by atoms with Crippen LogP contribution in [0.25, 0.3) is 6.08 Å². The Bertz CT molecular complexity index is 537. The Kier molecular flexibility index (Phi) is 4.84. The Morgan fingerprint density at radius 2 is 1.86 bits per heavy atom. The van der Waals surface area contributed by atoms with Crippen molar-refractivity contribution in [3.63, 3.8) is 0 Å². The highest BCUT2D eigenvalue weighted by Gasteiger charge is 2.32. The molecule has 0 amide bonds. The van der Waals surface area contributed by atoms with Crippen molar-refractivity contribution in [2.24, 2.45) is 0 Å². The van der Waals surface area contributed by atoms with E-state index in [4.69, 9.17) is 5.11 Å². The lowest BCUT2D eigenvalue weighted by atomic mass is 9.77. The molecule has 3 nitrogen and oxygen atoms in total. The van der Waals surface area contributed by atoms with Crippen molar-refractivity contribution >= 4 is 17.7 Å². The number of rotatable bonds is 5. The van der Waals surface area contributed by atoms with Crippen molar-refractivity contribution in [2.45, 2.75) is 44.6 Å². The summed E-state index contributed by atoms with van der Waals surface area (Å²) in [6, 6.07) is 7.86. The zero-order chi connectivity index (χ0) is 15.3. The second-order valence-corrected chi connectivity index (χ2v) is 5.84. The van der Waals surface area contributed by atoms with Gasteiger partial charge in [-0.05, 0) is 43.5 Å². The van der Waals surface area contributed by atoms with Crippen LogP contribution in [-0.4, -0.2) is 16.6 Å². The molecule has 1 aliphatic rings. The number of carbonyl (C=O) groups is 1. The number of aliphatic carboxylic acids is 1. The number of carboxylic acids is 1. The molecule has 1 aromatic carbocycles. The molecule has 0 aromatic heterocycles. The summed E-state index contributed by atoms with van der Waals surface area (Å²) in [4.78, 5) is 10.5. The van der Waals surface area contributed by atoms with E-state index in [1.165, 1.54) is 24.8 Å². The maximum atomic E-state index is 10.5. The maximum absolute atomic E-state index is 10.5. The van der Waals surface area contributed by atoms with Crippen LogP contribution in [0.3, 0.4) is 0 Å². The molecule has 0 atom stereocenters. The molecule has 21 heavy (non-hydrogen) atoms. The van der Waals surface area contributed by atoms with Crippen molar-refractivity contribution in [2.75, 3.05) is 5.32 Å². The molecule has 0 spiro atoms. The van der Waals surface area contributed by atoms with Gasteiger partial charge in [-0.2, -0.15) is 0 Å². The van der Waals surface area contributed by atoms with Crippen LogP contribution in [0.5, 0.6) is 0 Å². The number of hydrogen-bond donors (Lipinski definition) is 2. The highest BCUT2D eigenvalue weighted by atomic mass is 16.4. The topological polar surface area (TPSA) is 49.3 Å². The van der Waals surface area contributed by atoms with Gasteiger partial charge in [-0.1, -0.05) is 43.5 Å². The van der Waals surface area contributed by atoms with Gasteiger partial charge in [0.2, 0.25) is 0 Å².